The molecule has 6 atom stereocenters. The highest BCUT2D eigenvalue weighted by molar-refractivity contribution is 5.75. The molecule has 1 amide bonds. The first-order chi connectivity index (χ1) is 17.7. The van der Waals surface area contributed by atoms with Crippen molar-refractivity contribution in [1.82, 2.24) is 10.2 Å². The molecule has 2 fully saturated rings. The van der Waals surface area contributed by atoms with Crippen molar-refractivity contribution in [1.29, 1.82) is 0 Å². The number of hydrogen-bond donors (Lipinski definition) is 1. The predicted octanol–water partition coefficient (Wildman–Crippen LogP) is 7.04. The lowest BCUT2D eigenvalue weighted by atomic mass is 9.64. The van der Waals surface area contributed by atoms with Gasteiger partial charge in [-0.2, -0.15) is 0 Å². The molecule has 3 nitrogen and oxygen atoms in total. The van der Waals surface area contributed by atoms with Crippen molar-refractivity contribution in [3.8, 4) is 0 Å². The summed E-state index contributed by atoms with van der Waals surface area (Å²) in [5.41, 5.74) is 4.98. The second kappa shape index (κ2) is 9.75. The van der Waals surface area contributed by atoms with Crippen molar-refractivity contribution in [2.24, 2.45) is 11.8 Å². The van der Waals surface area contributed by atoms with Gasteiger partial charge in [-0.15, -0.1) is 0 Å². The van der Waals surface area contributed by atoms with Crippen LogP contribution in [-0.2, 0) is 4.79 Å². The van der Waals surface area contributed by atoms with Crippen LogP contribution in [-0.4, -0.2) is 10.8 Å². The summed E-state index contributed by atoms with van der Waals surface area (Å²) in [5, 5.41) is 4.11. The molecule has 6 rings (SSSR count). The fourth-order valence-corrected chi connectivity index (χ4v) is 6.75. The second-order valence-corrected chi connectivity index (χ2v) is 10.1. The van der Waals surface area contributed by atoms with Crippen LogP contribution in [0.2, 0.25) is 0 Å². The summed E-state index contributed by atoms with van der Waals surface area (Å²) < 4.78 is 0. The Kier molecular flexibility index (Phi) is 6.16. The Balaban J connectivity index is 1.56. The van der Waals surface area contributed by atoms with Crippen LogP contribution in [0.3, 0.4) is 0 Å². The van der Waals surface area contributed by atoms with Crippen LogP contribution in [0.1, 0.15) is 59.8 Å². The quantitative estimate of drug-likeness (QED) is 0.345. The topological polar surface area (TPSA) is 32.3 Å². The highest BCUT2D eigenvalue weighted by Gasteiger charge is 2.53. The summed E-state index contributed by atoms with van der Waals surface area (Å²) in [6, 6.07) is 43.0. The van der Waals surface area contributed by atoms with Gasteiger partial charge in [0.05, 0.1) is 12.1 Å². The Labute approximate surface area is 213 Å². The highest BCUT2D eigenvalue weighted by Crippen LogP contribution is 2.58. The molecule has 0 aliphatic carbocycles. The first-order valence-electron chi connectivity index (χ1n) is 13.0. The summed E-state index contributed by atoms with van der Waals surface area (Å²) in [5.74, 6) is 0.639. The number of piperidine rings is 2. The maximum absolute atomic E-state index is 13.6. The molecule has 6 unspecified atom stereocenters. The molecule has 2 aliphatic heterocycles. The van der Waals surface area contributed by atoms with E-state index in [9.17, 15) is 4.79 Å². The number of rotatable bonds is 4. The van der Waals surface area contributed by atoms with Crippen LogP contribution in [0, 0.1) is 11.8 Å². The van der Waals surface area contributed by atoms with Gasteiger partial charge in [-0.3, -0.25) is 4.79 Å². The zero-order chi connectivity index (χ0) is 24.5. The Hall–Kier alpha value is -3.69. The lowest BCUT2D eigenvalue weighted by Crippen LogP contribution is -2.57. The Bertz CT molecular complexity index is 1200. The molecule has 2 bridgehead atoms. The van der Waals surface area contributed by atoms with Gasteiger partial charge in [0.1, 0.15) is 0 Å². The van der Waals surface area contributed by atoms with Gasteiger partial charge in [0, 0.05) is 30.8 Å². The maximum Gasteiger partial charge on any atom is 0.220 e. The van der Waals surface area contributed by atoms with E-state index in [1.54, 1.807) is 6.92 Å². The minimum absolute atomic E-state index is 0.0143. The summed E-state index contributed by atoms with van der Waals surface area (Å²) in [6.45, 7) is 1.75. The average Bonchev–Trinajstić information content (AvgIpc) is 2.95. The Morgan fingerprint density at radius 1 is 0.583 bits per heavy atom. The van der Waals surface area contributed by atoms with Gasteiger partial charge in [0.2, 0.25) is 5.91 Å². The van der Waals surface area contributed by atoms with E-state index in [1.807, 2.05) is 0 Å². The summed E-state index contributed by atoms with van der Waals surface area (Å²) in [4.78, 5) is 15.8. The highest BCUT2D eigenvalue weighted by atomic mass is 16.2. The van der Waals surface area contributed by atoms with E-state index in [1.165, 1.54) is 22.3 Å². The molecule has 180 valence electrons. The lowest BCUT2D eigenvalue weighted by Gasteiger charge is -2.58. The van der Waals surface area contributed by atoms with E-state index in [4.69, 9.17) is 0 Å². The minimum atomic E-state index is -0.0143. The van der Waals surface area contributed by atoms with Crippen LogP contribution in [0.4, 0.5) is 0 Å². The third-order valence-electron chi connectivity index (χ3n) is 8.13. The van der Waals surface area contributed by atoms with Gasteiger partial charge >= 0.3 is 0 Å². The number of fused-ring (bicyclic) bond motifs is 2. The van der Waals surface area contributed by atoms with E-state index < -0.39 is 0 Å². The normalized spacial score (nSPS) is 27.4. The predicted molar refractivity (Wildman–Crippen MR) is 144 cm³/mol. The van der Waals surface area contributed by atoms with Crippen LogP contribution in [0.25, 0.3) is 0 Å². The average molecular weight is 473 g/mol. The number of carbonyl (C=O) groups is 1. The van der Waals surface area contributed by atoms with Crippen molar-refractivity contribution < 1.29 is 4.79 Å². The van der Waals surface area contributed by atoms with Gasteiger partial charge in [0.25, 0.3) is 0 Å². The monoisotopic (exact) mass is 472 g/mol. The molecule has 0 radical (unpaired) electrons. The zero-order valence-corrected chi connectivity index (χ0v) is 20.6. The molecule has 4 aromatic carbocycles. The van der Waals surface area contributed by atoms with E-state index in [0.717, 1.165) is 6.42 Å². The molecule has 1 N–H and O–H groups in total. The fraction of sp³-hybridized carbons (Fsp3) is 0.242. The molecule has 2 heterocycles. The molecule has 0 spiro atoms. The third kappa shape index (κ3) is 4.04. The van der Waals surface area contributed by atoms with E-state index in [0.29, 0.717) is 0 Å². The Morgan fingerprint density at radius 3 is 1.25 bits per heavy atom. The van der Waals surface area contributed by atoms with Gasteiger partial charge in [-0.1, -0.05) is 121 Å². The molecule has 36 heavy (non-hydrogen) atoms. The van der Waals surface area contributed by atoms with Crippen molar-refractivity contribution in [3.63, 3.8) is 0 Å². The summed E-state index contributed by atoms with van der Waals surface area (Å²) in [7, 11) is 0. The molecule has 4 aromatic rings. The van der Waals surface area contributed by atoms with Crippen LogP contribution >= 0.6 is 0 Å². The van der Waals surface area contributed by atoms with E-state index >= 15 is 0 Å². The largest absolute Gasteiger partial charge is 0.328 e. The van der Waals surface area contributed by atoms with Crippen molar-refractivity contribution in [2.45, 2.75) is 37.5 Å². The molecular formula is C33H32N2O. The number of carbonyl (C=O) groups excluding carboxylic acids is 1. The third-order valence-corrected chi connectivity index (χ3v) is 8.13. The number of nitrogens with one attached hydrogen (secondary N) is 1. The molecule has 0 saturated carbocycles. The van der Waals surface area contributed by atoms with E-state index in [2.05, 4.69) is 132 Å². The maximum atomic E-state index is 13.6. The minimum Gasteiger partial charge on any atom is -0.328 e. The number of nitrogens with zero attached hydrogens (tertiary/aromatic N) is 1. The van der Waals surface area contributed by atoms with Gasteiger partial charge < -0.3 is 10.2 Å². The molecule has 3 heteroatoms. The van der Waals surface area contributed by atoms with Crippen molar-refractivity contribution >= 4 is 5.91 Å². The van der Waals surface area contributed by atoms with Gasteiger partial charge in [-0.25, -0.2) is 0 Å². The summed E-state index contributed by atoms with van der Waals surface area (Å²) in [6.07, 6.45) is 1.04. The lowest BCUT2D eigenvalue weighted by molar-refractivity contribution is -0.147. The number of likely N-dealkylation sites (tertiary alicyclic amines) is 1. The molecule has 2 aliphatic rings. The van der Waals surface area contributed by atoms with E-state index in [-0.39, 0.29) is 41.9 Å². The fourth-order valence-electron chi connectivity index (χ4n) is 6.75. The zero-order valence-electron chi connectivity index (χ0n) is 20.6. The SMILES string of the molecule is CC(=O)N1C(c2ccccc2)C2CC(C(c3ccccc3)NC2c2ccccc2)C1c1ccccc1. The van der Waals surface area contributed by atoms with Crippen molar-refractivity contribution in [3.05, 3.63) is 144 Å². The first-order valence-corrected chi connectivity index (χ1v) is 13.0. The Morgan fingerprint density at radius 2 is 0.917 bits per heavy atom. The van der Waals surface area contributed by atoms with Gasteiger partial charge in [0.15, 0.2) is 0 Å². The molecule has 2 saturated heterocycles. The number of amides is 1. The van der Waals surface area contributed by atoms with Crippen LogP contribution in [0.15, 0.2) is 121 Å². The van der Waals surface area contributed by atoms with Crippen LogP contribution in [0.5, 0.6) is 0 Å². The second-order valence-electron chi connectivity index (χ2n) is 10.1. The molecular weight excluding hydrogens is 440 g/mol. The smallest absolute Gasteiger partial charge is 0.220 e. The van der Waals surface area contributed by atoms with Crippen molar-refractivity contribution in [2.75, 3.05) is 0 Å². The summed E-state index contributed by atoms with van der Waals surface area (Å²) >= 11 is 0. The first kappa shape index (κ1) is 22.8. The standard InChI is InChI=1S/C33H32N2O/c1-23(36)35-32(26-18-10-4-11-19-26)28-22-29(33(35)27-20-12-5-13-21-27)31(25-16-8-3-9-17-25)34-30(28)24-14-6-2-7-15-24/h2-21,28-34H,22H2,1H3. The number of hydrogen-bond acceptors (Lipinski definition) is 2. The molecule has 0 aromatic heterocycles. The van der Waals surface area contributed by atoms with Gasteiger partial charge in [-0.05, 0) is 28.7 Å². The number of benzene rings is 4. The van der Waals surface area contributed by atoms with Crippen LogP contribution < -0.4 is 5.32 Å².